The first kappa shape index (κ1) is 12.8. The summed E-state index contributed by atoms with van der Waals surface area (Å²) >= 11 is 6.01. The number of hydrogen-bond donors (Lipinski definition) is 0. The Labute approximate surface area is 96.7 Å². The van der Waals surface area contributed by atoms with Crippen molar-refractivity contribution in [2.45, 2.75) is 38.0 Å². The number of alkyl halides is 1. The molecule has 1 aliphatic heterocycles. The molecule has 3 nitrogen and oxygen atoms in total. The lowest BCUT2D eigenvalue weighted by Crippen LogP contribution is -2.34. The Morgan fingerprint density at radius 3 is 2.73 bits per heavy atom. The van der Waals surface area contributed by atoms with Crippen LogP contribution in [0.3, 0.4) is 0 Å². The number of nitrogens with zero attached hydrogens (tertiary/aromatic N) is 1. The average molecular weight is 234 g/mol. The number of ether oxygens (including phenoxy) is 1. The van der Waals surface area contributed by atoms with Gasteiger partial charge in [-0.1, -0.05) is 0 Å². The molecular formula is C11H20ClNO2. The van der Waals surface area contributed by atoms with Gasteiger partial charge in [-0.2, -0.15) is 0 Å². The van der Waals surface area contributed by atoms with Crippen LogP contribution in [0.25, 0.3) is 0 Å². The van der Waals surface area contributed by atoms with Crippen molar-refractivity contribution in [2.75, 3.05) is 26.2 Å². The van der Waals surface area contributed by atoms with Gasteiger partial charge in [-0.05, 0) is 45.8 Å². The van der Waals surface area contributed by atoms with Gasteiger partial charge in [0, 0.05) is 11.8 Å². The minimum absolute atomic E-state index is 0.0790. The van der Waals surface area contributed by atoms with Crippen LogP contribution >= 0.6 is 11.6 Å². The highest BCUT2D eigenvalue weighted by Crippen LogP contribution is 2.15. The third-order valence-corrected chi connectivity index (χ3v) is 3.11. The monoisotopic (exact) mass is 233 g/mol. The van der Waals surface area contributed by atoms with Crippen LogP contribution < -0.4 is 0 Å². The van der Waals surface area contributed by atoms with Gasteiger partial charge in [0.15, 0.2) is 0 Å². The second-order valence-corrected chi connectivity index (χ2v) is 4.54. The average Bonchev–Trinajstić information content (AvgIpc) is 2.21. The normalized spacial score (nSPS) is 19.1. The fourth-order valence-corrected chi connectivity index (χ4v) is 2.00. The standard InChI is InChI=1S/C11H20ClNO2/c1-2-15-11(14)4-3-7-13-8-5-10(12)6-9-13/h10H,2-9H2,1H3. The van der Waals surface area contributed by atoms with Gasteiger partial charge in [0.2, 0.25) is 0 Å². The van der Waals surface area contributed by atoms with E-state index >= 15 is 0 Å². The van der Waals surface area contributed by atoms with Gasteiger partial charge in [-0.15, -0.1) is 11.6 Å². The molecule has 0 aliphatic carbocycles. The molecule has 0 bridgehead atoms. The summed E-state index contributed by atoms with van der Waals surface area (Å²) in [4.78, 5) is 13.4. The third kappa shape index (κ3) is 5.38. The van der Waals surface area contributed by atoms with Crippen molar-refractivity contribution in [2.24, 2.45) is 0 Å². The summed E-state index contributed by atoms with van der Waals surface area (Å²) in [5.74, 6) is -0.0790. The van der Waals surface area contributed by atoms with Crippen molar-refractivity contribution < 1.29 is 9.53 Å². The second kappa shape index (κ2) is 7.07. The fourth-order valence-electron chi connectivity index (χ4n) is 1.81. The van der Waals surface area contributed by atoms with Crippen LogP contribution in [0, 0.1) is 0 Å². The molecule has 0 unspecified atom stereocenters. The molecule has 0 aromatic carbocycles. The summed E-state index contributed by atoms with van der Waals surface area (Å²) in [6.07, 6.45) is 3.57. The minimum atomic E-state index is -0.0790. The fraction of sp³-hybridized carbons (Fsp3) is 0.909. The first-order chi connectivity index (χ1) is 7.22. The maximum Gasteiger partial charge on any atom is 0.305 e. The highest BCUT2D eigenvalue weighted by atomic mass is 35.5. The van der Waals surface area contributed by atoms with E-state index in [1.54, 1.807) is 0 Å². The van der Waals surface area contributed by atoms with Crippen LogP contribution in [-0.2, 0) is 9.53 Å². The summed E-state index contributed by atoms with van der Waals surface area (Å²) in [6, 6.07) is 0. The molecule has 0 atom stereocenters. The molecule has 15 heavy (non-hydrogen) atoms. The summed E-state index contributed by atoms with van der Waals surface area (Å²) in [6.45, 7) is 5.44. The Kier molecular flexibility index (Phi) is 6.03. The van der Waals surface area contributed by atoms with E-state index in [0.717, 1.165) is 38.9 Å². The highest BCUT2D eigenvalue weighted by molar-refractivity contribution is 6.20. The van der Waals surface area contributed by atoms with Crippen molar-refractivity contribution >= 4 is 17.6 Å². The molecule has 1 aliphatic rings. The molecule has 1 rings (SSSR count). The van der Waals surface area contributed by atoms with E-state index in [-0.39, 0.29) is 5.97 Å². The molecule has 1 heterocycles. The lowest BCUT2D eigenvalue weighted by atomic mass is 10.1. The molecule has 0 spiro atoms. The molecular weight excluding hydrogens is 214 g/mol. The zero-order chi connectivity index (χ0) is 11.1. The van der Waals surface area contributed by atoms with E-state index in [4.69, 9.17) is 16.3 Å². The molecule has 0 aromatic rings. The van der Waals surface area contributed by atoms with Gasteiger partial charge < -0.3 is 9.64 Å². The van der Waals surface area contributed by atoms with Gasteiger partial charge in [0.1, 0.15) is 0 Å². The van der Waals surface area contributed by atoms with Gasteiger partial charge in [-0.25, -0.2) is 0 Å². The molecule has 0 amide bonds. The van der Waals surface area contributed by atoms with Crippen molar-refractivity contribution in [1.82, 2.24) is 4.90 Å². The number of hydrogen-bond acceptors (Lipinski definition) is 3. The molecule has 0 aromatic heterocycles. The molecule has 1 saturated heterocycles. The Bertz CT molecular complexity index is 191. The number of esters is 1. The lowest BCUT2D eigenvalue weighted by molar-refractivity contribution is -0.143. The smallest absolute Gasteiger partial charge is 0.305 e. The van der Waals surface area contributed by atoms with Crippen LogP contribution in [0.1, 0.15) is 32.6 Å². The lowest BCUT2D eigenvalue weighted by Gasteiger charge is -2.28. The number of likely N-dealkylation sites (tertiary alicyclic amines) is 1. The Morgan fingerprint density at radius 1 is 1.47 bits per heavy atom. The van der Waals surface area contributed by atoms with Crippen molar-refractivity contribution in [3.05, 3.63) is 0 Å². The SMILES string of the molecule is CCOC(=O)CCCN1CCC(Cl)CC1. The summed E-state index contributed by atoms with van der Waals surface area (Å²) < 4.78 is 4.87. The largest absolute Gasteiger partial charge is 0.466 e. The molecule has 4 heteroatoms. The third-order valence-electron chi connectivity index (χ3n) is 2.68. The van der Waals surface area contributed by atoms with E-state index in [0.29, 0.717) is 18.4 Å². The quantitative estimate of drug-likeness (QED) is 0.538. The Hall–Kier alpha value is -0.280. The van der Waals surface area contributed by atoms with Crippen molar-refractivity contribution in [3.8, 4) is 0 Å². The zero-order valence-electron chi connectivity index (χ0n) is 9.38. The molecule has 1 fully saturated rings. The number of rotatable bonds is 5. The number of carbonyl (C=O) groups is 1. The number of carbonyl (C=O) groups excluding carboxylic acids is 1. The second-order valence-electron chi connectivity index (χ2n) is 3.92. The van der Waals surface area contributed by atoms with Gasteiger partial charge in [0.05, 0.1) is 6.61 Å². The topological polar surface area (TPSA) is 29.5 Å². The van der Waals surface area contributed by atoms with E-state index in [1.165, 1.54) is 0 Å². The van der Waals surface area contributed by atoms with Crippen LogP contribution in [-0.4, -0.2) is 42.5 Å². The predicted molar refractivity (Wildman–Crippen MR) is 61.2 cm³/mol. The maximum atomic E-state index is 11.1. The van der Waals surface area contributed by atoms with Crippen molar-refractivity contribution in [3.63, 3.8) is 0 Å². The van der Waals surface area contributed by atoms with E-state index in [1.807, 2.05) is 6.92 Å². The predicted octanol–water partition coefficient (Wildman–Crippen LogP) is 2.03. The summed E-state index contributed by atoms with van der Waals surface area (Å²) in [5, 5.41) is 0.353. The van der Waals surface area contributed by atoms with Gasteiger partial charge in [0.25, 0.3) is 0 Å². The van der Waals surface area contributed by atoms with E-state index in [9.17, 15) is 4.79 Å². The minimum Gasteiger partial charge on any atom is -0.466 e. The number of piperidine rings is 1. The van der Waals surface area contributed by atoms with Crippen LogP contribution in [0.5, 0.6) is 0 Å². The summed E-state index contributed by atoms with van der Waals surface area (Å²) in [5.41, 5.74) is 0. The van der Waals surface area contributed by atoms with Crippen LogP contribution in [0.4, 0.5) is 0 Å². The van der Waals surface area contributed by atoms with Crippen LogP contribution in [0.2, 0.25) is 0 Å². The number of halogens is 1. The highest BCUT2D eigenvalue weighted by Gasteiger charge is 2.16. The molecule has 0 N–H and O–H groups in total. The first-order valence-electron chi connectivity index (χ1n) is 5.74. The molecule has 0 saturated carbocycles. The summed E-state index contributed by atoms with van der Waals surface area (Å²) in [7, 11) is 0. The Balaban J connectivity index is 2.02. The van der Waals surface area contributed by atoms with Gasteiger partial charge in [-0.3, -0.25) is 4.79 Å². The van der Waals surface area contributed by atoms with E-state index in [2.05, 4.69) is 4.90 Å². The Morgan fingerprint density at radius 2 is 2.13 bits per heavy atom. The first-order valence-corrected chi connectivity index (χ1v) is 6.18. The van der Waals surface area contributed by atoms with Gasteiger partial charge >= 0.3 is 5.97 Å². The van der Waals surface area contributed by atoms with Crippen molar-refractivity contribution in [1.29, 1.82) is 0 Å². The molecule has 0 radical (unpaired) electrons. The van der Waals surface area contributed by atoms with E-state index < -0.39 is 0 Å². The van der Waals surface area contributed by atoms with Crippen LogP contribution in [0.15, 0.2) is 0 Å². The zero-order valence-corrected chi connectivity index (χ0v) is 10.1. The molecule has 88 valence electrons. The maximum absolute atomic E-state index is 11.1.